The van der Waals surface area contributed by atoms with Crippen molar-refractivity contribution in [1.29, 1.82) is 0 Å². The minimum atomic E-state index is -3.56. The normalized spacial score (nSPS) is 14.4. The van der Waals surface area contributed by atoms with Crippen LogP contribution < -0.4 is 10.0 Å². The summed E-state index contributed by atoms with van der Waals surface area (Å²) in [5.41, 5.74) is 4.86. The van der Waals surface area contributed by atoms with Gasteiger partial charge in [0.05, 0.1) is 11.4 Å². The lowest BCUT2D eigenvalue weighted by Crippen LogP contribution is -2.48. The van der Waals surface area contributed by atoms with Crippen LogP contribution in [0, 0.1) is 6.92 Å². The van der Waals surface area contributed by atoms with E-state index in [0.29, 0.717) is 56.4 Å². The van der Waals surface area contributed by atoms with Gasteiger partial charge in [-0.3, -0.25) is 4.72 Å². The third-order valence-corrected chi connectivity index (χ3v) is 7.47. The Hall–Kier alpha value is -3.80. The summed E-state index contributed by atoms with van der Waals surface area (Å²) in [5, 5.41) is 3.16. The molecular formula is C26H28N8O2S. The van der Waals surface area contributed by atoms with Gasteiger partial charge in [0, 0.05) is 62.8 Å². The molecule has 0 saturated carbocycles. The summed E-state index contributed by atoms with van der Waals surface area (Å²) in [7, 11) is -3.56. The first kappa shape index (κ1) is 24.9. The Labute approximate surface area is 216 Å². The zero-order chi connectivity index (χ0) is 25.7. The molecule has 3 aromatic heterocycles. The Kier molecular flexibility index (Phi) is 7.45. The van der Waals surface area contributed by atoms with Gasteiger partial charge in [-0.15, -0.1) is 0 Å². The van der Waals surface area contributed by atoms with Crippen molar-refractivity contribution in [1.82, 2.24) is 34.5 Å². The first-order valence-electron chi connectivity index (χ1n) is 12.1. The second-order valence-electron chi connectivity index (χ2n) is 8.81. The largest absolute Gasteiger partial charge is 0.314 e. The zero-order valence-corrected chi connectivity index (χ0v) is 21.3. The summed E-state index contributed by atoms with van der Waals surface area (Å²) in [4.78, 5) is 22.7. The van der Waals surface area contributed by atoms with Crippen LogP contribution in [0.4, 0.5) is 5.69 Å². The van der Waals surface area contributed by atoms with Gasteiger partial charge in [0.2, 0.25) is 0 Å². The second kappa shape index (κ2) is 11.1. The molecule has 190 valence electrons. The average molecular weight is 517 g/mol. The molecule has 1 saturated heterocycles. The van der Waals surface area contributed by atoms with E-state index in [4.69, 9.17) is 4.98 Å². The lowest BCUT2D eigenvalue weighted by molar-refractivity contribution is 0.362. The number of rotatable bonds is 8. The molecule has 1 fully saturated rings. The van der Waals surface area contributed by atoms with Crippen molar-refractivity contribution < 1.29 is 8.42 Å². The molecule has 0 radical (unpaired) electrons. The number of nitrogens with one attached hydrogen (secondary N) is 2. The van der Waals surface area contributed by atoms with E-state index >= 15 is 0 Å². The Morgan fingerprint density at radius 1 is 0.865 bits per heavy atom. The number of hydrogen-bond donors (Lipinski definition) is 2. The molecule has 0 atom stereocenters. The molecule has 5 rings (SSSR count). The van der Waals surface area contributed by atoms with Crippen molar-refractivity contribution in [3.05, 3.63) is 95.5 Å². The van der Waals surface area contributed by atoms with Crippen molar-refractivity contribution in [2.75, 3.05) is 30.9 Å². The standard InChI is InChI=1S/C26H28N8O2S/c1-19-3-2-4-24(30-19)26-29-12-10-23(32-26)18-22-9-11-28-25(31-22)17-20-5-7-21(8-6-20)33-37(35,36)34-15-13-27-14-16-34/h2-12,27,33H,13-18H2,1H3. The fourth-order valence-corrected chi connectivity index (χ4v) is 5.29. The summed E-state index contributed by atoms with van der Waals surface area (Å²) in [6, 6.07) is 16.8. The van der Waals surface area contributed by atoms with Crippen LogP contribution in [-0.4, -0.2) is 63.8 Å². The fraction of sp³-hybridized carbons (Fsp3) is 0.269. The van der Waals surface area contributed by atoms with Crippen LogP contribution in [0.2, 0.25) is 0 Å². The highest BCUT2D eigenvalue weighted by atomic mass is 32.2. The van der Waals surface area contributed by atoms with Gasteiger partial charge in [-0.25, -0.2) is 24.9 Å². The molecule has 2 N–H and O–H groups in total. The molecule has 1 aliphatic rings. The molecule has 0 spiro atoms. The van der Waals surface area contributed by atoms with Crippen LogP contribution in [0.15, 0.2) is 67.0 Å². The van der Waals surface area contributed by atoms with Crippen molar-refractivity contribution in [3.63, 3.8) is 0 Å². The maximum atomic E-state index is 12.6. The van der Waals surface area contributed by atoms with Gasteiger partial charge in [0.25, 0.3) is 0 Å². The van der Waals surface area contributed by atoms with Gasteiger partial charge in [0.15, 0.2) is 5.82 Å². The molecule has 0 aliphatic carbocycles. The van der Waals surface area contributed by atoms with E-state index in [0.717, 1.165) is 28.3 Å². The number of benzene rings is 1. The number of hydrogen-bond acceptors (Lipinski definition) is 8. The number of piperazine rings is 1. The monoisotopic (exact) mass is 516 g/mol. The van der Waals surface area contributed by atoms with E-state index in [9.17, 15) is 8.42 Å². The second-order valence-corrected chi connectivity index (χ2v) is 10.5. The molecule has 1 aromatic carbocycles. The van der Waals surface area contributed by atoms with Crippen LogP contribution in [0.25, 0.3) is 11.5 Å². The molecule has 0 amide bonds. The van der Waals surface area contributed by atoms with Crippen LogP contribution in [-0.2, 0) is 23.1 Å². The van der Waals surface area contributed by atoms with E-state index in [2.05, 4.69) is 30.0 Å². The lowest BCUT2D eigenvalue weighted by atomic mass is 10.1. The smallest absolute Gasteiger partial charge is 0.301 e. The first-order chi connectivity index (χ1) is 17.9. The average Bonchev–Trinajstić information content (AvgIpc) is 2.91. The van der Waals surface area contributed by atoms with Crippen molar-refractivity contribution in [2.45, 2.75) is 19.8 Å². The number of nitrogens with zero attached hydrogens (tertiary/aromatic N) is 6. The van der Waals surface area contributed by atoms with Crippen LogP contribution in [0.5, 0.6) is 0 Å². The van der Waals surface area contributed by atoms with Crippen LogP contribution in [0.1, 0.15) is 28.5 Å². The third-order valence-electron chi connectivity index (χ3n) is 5.93. The Morgan fingerprint density at radius 3 is 2.35 bits per heavy atom. The van der Waals surface area contributed by atoms with E-state index in [1.807, 2.05) is 49.4 Å². The third kappa shape index (κ3) is 6.50. The fourth-order valence-electron chi connectivity index (χ4n) is 4.07. The maximum absolute atomic E-state index is 12.6. The Balaban J connectivity index is 1.24. The molecule has 10 nitrogen and oxygen atoms in total. The predicted octanol–water partition coefficient (Wildman–Crippen LogP) is 2.38. The summed E-state index contributed by atoms with van der Waals surface area (Å²) < 4.78 is 29.3. The van der Waals surface area contributed by atoms with Gasteiger partial charge in [-0.2, -0.15) is 12.7 Å². The topological polar surface area (TPSA) is 126 Å². The number of aryl methyl sites for hydroxylation is 1. The highest BCUT2D eigenvalue weighted by molar-refractivity contribution is 7.90. The van der Waals surface area contributed by atoms with Gasteiger partial charge in [-0.05, 0) is 48.9 Å². The summed E-state index contributed by atoms with van der Waals surface area (Å²) >= 11 is 0. The SMILES string of the molecule is Cc1cccc(-c2nccc(Cc3ccnc(Cc4ccc(NS(=O)(=O)N5CCNCC5)cc4)n3)n2)n1. The van der Waals surface area contributed by atoms with Gasteiger partial charge >= 0.3 is 10.2 Å². The summed E-state index contributed by atoms with van der Waals surface area (Å²) in [5.74, 6) is 1.27. The van der Waals surface area contributed by atoms with Crippen molar-refractivity contribution in [3.8, 4) is 11.5 Å². The Bertz CT molecular complexity index is 1470. The van der Waals surface area contributed by atoms with Gasteiger partial charge in [0.1, 0.15) is 11.5 Å². The lowest BCUT2D eigenvalue weighted by Gasteiger charge is -2.26. The summed E-state index contributed by atoms with van der Waals surface area (Å²) in [6.07, 6.45) is 4.56. The minimum Gasteiger partial charge on any atom is -0.314 e. The molecule has 1 aliphatic heterocycles. The molecule has 0 unspecified atom stereocenters. The van der Waals surface area contributed by atoms with Crippen LogP contribution >= 0.6 is 0 Å². The Morgan fingerprint density at radius 2 is 1.59 bits per heavy atom. The van der Waals surface area contributed by atoms with E-state index in [1.165, 1.54) is 4.31 Å². The molecule has 0 bridgehead atoms. The van der Waals surface area contributed by atoms with E-state index in [-0.39, 0.29) is 0 Å². The molecule has 11 heteroatoms. The molecular weight excluding hydrogens is 488 g/mol. The van der Waals surface area contributed by atoms with Gasteiger partial charge < -0.3 is 5.32 Å². The molecule has 37 heavy (non-hydrogen) atoms. The maximum Gasteiger partial charge on any atom is 0.301 e. The van der Waals surface area contributed by atoms with Gasteiger partial charge in [-0.1, -0.05) is 18.2 Å². The zero-order valence-electron chi connectivity index (χ0n) is 20.5. The van der Waals surface area contributed by atoms with Crippen molar-refractivity contribution in [2.24, 2.45) is 0 Å². The minimum absolute atomic E-state index is 0.459. The number of pyridine rings is 1. The molecule has 4 aromatic rings. The number of aromatic nitrogens is 5. The molecule has 4 heterocycles. The summed E-state index contributed by atoms with van der Waals surface area (Å²) in [6.45, 7) is 4.16. The predicted molar refractivity (Wildman–Crippen MR) is 141 cm³/mol. The highest BCUT2D eigenvalue weighted by Crippen LogP contribution is 2.17. The number of anilines is 1. The van der Waals surface area contributed by atoms with E-state index in [1.54, 1.807) is 24.5 Å². The van der Waals surface area contributed by atoms with E-state index < -0.39 is 10.2 Å². The quantitative estimate of drug-likeness (QED) is 0.366. The van der Waals surface area contributed by atoms with Crippen molar-refractivity contribution >= 4 is 15.9 Å². The highest BCUT2D eigenvalue weighted by Gasteiger charge is 2.23. The first-order valence-corrected chi connectivity index (χ1v) is 13.5. The van der Waals surface area contributed by atoms with Crippen LogP contribution in [0.3, 0.4) is 0 Å².